The second-order valence-corrected chi connectivity index (χ2v) is 8.73. The van der Waals surface area contributed by atoms with Crippen LogP contribution < -0.4 is 0 Å². The molecule has 1 aliphatic carbocycles. The van der Waals surface area contributed by atoms with Gasteiger partial charge in [0.05, 0.1) is 19.8 Å². The summed E-state index contributed by atoms with van der Waals surface area (Å²) in [4.78, 5) is 38.6. The van der Waals surface area contributed by atoms with E-state index in [0.717, 1.165) is 0 Å². The van der Waals surface area contributed by atoms with Crippen molar-refractivity contribution in [2.45, 2.75) is 29.9 Å². The Kier molecular flexibility index (Phi) is 5.73. The zero-order chi connectivity index (χ0) is 18.9. The molecule has 0 saturated heterocycles. The summed E-state index contributed by atoms with van der Waals surface area (Å²) in [5.74, 6) is -0.573. The van der Waals surface area contributed by atoms with E-state index in [0.29, 0.717) is 11.3 Å². The molecule has 6 nitrogen and oxygen atoms in total. The number of alkyl halides is 2. The zero-order valence-electron chi connectivity index (χ0n) is 13.8. The lowest BCUT2D eigenvalue weighted by atomic mass is 9.83. The molecule has 0 aliphatic heterocycles. The van der Waals surface area contributed by atoms with Crippen LogP contribution in [-0.4, -0.2) is 31.5 Å². The molecule has 1 aliphatic rings. The van der Waals surface area contributed by atoms with Crippen molar-refractivity contribution in [3.05, 3.63) is 51.6 Å². The van der Waals surface area contributed by atoms with Gasteiger partial charge in [-0.05, 0) is 31.1 Å². The fourth-order valence-corrected chi connectivity index (χ4v) is 3.28. The number of amides is 1. The van der Waals surface area contributed by atoms with Crippen molar-refractivity contribution < 1.29 is 14.5 Å². The molecule has 0 heterocycles. The fraction of sp³-hybridized carbons (Fsp3) is 0.353. The molecule has 0 aromatic heterocycles. The number of Topliss-reactive ketones (excluding diaryl/α,β-unsaturated/α-hetero) is 1. The van der Waals surface area contributed by atoms with Crippen molar-refractivity contribution in [2.24, 2.45) is 10.9 Å². The van der Waals surface area contributed by atoms with Crippen LogP contribution >= 0.6 is 31.9 Å². The van der Waals surface area contributed by atoms with Crippen molar-refractivity contribution >= 4 is 54.9 Å². The molecule has 1 aromatic carbocycles. The first-order valence-electron chi connectivity index (χ1n) is 7.52. The first-order valence-corrected chi connectivity index (χ1v) is 9.23. The van der Waals surface area contributed by atoms with Gasteiger partial charge in [-0.25, -0.2) is 4.99 Å². The molecular formula is C17H16Br2N2O4. The Morgan fingerprint density at radius 2 is 1.88 bits per heavy atom. The van der Waals surface area contributed by atoms with Gasteiger partial charge in [0.25, 0.3) is 11.6 Å². The van der Waals surface area contributed by atoms with Gasteiger partial charge in [0.2, 0.25) is 0 Å². The summed E-state index contributed by atoms with van der Waals surface area (Å²) in [6.45, 7) is 5.56. The molecule has 2 atom stereocenters. The molecule has 132 valence electrons. The Morgan fingerprint density at radius 3 is 2.36 bits per heavy atom. The van der Waals surface area contributed by atoms with Gasteiger partial charge >= 0.3 is 0 Å². The lowest BCUT2D eigenvalue weighted by Crippen LogP contribution is -2.47. The van der Waals surface area contributed by atoms with Crippen LogP contribution in [0.4, 0.5) is 5.69 Å². The minimum Gasteiger partial charge on any atom is -0.293 e. The third kappa shape index (κ3) is 3.95. The maximum Gasteiger partial charge on any atom is 0.277 e. The number of hydrogen-bond donors (Lipinski definition) is 0. The Hall–Kier alpha value is -1.67. The predicted molar refractivity (Wildman–Crippen MR) is 103 cm³/mol. The van der Waals surface area contributed by atoms with Gasteiger partial charge in [0, 0.05) is 23.3 Å². The highest BCUT2D eigenvalue weighted by atomic mass is 79.9. The van der Waals surface area contributed by atoms with E-state index in [1.807, 2.05) is 13.8 Å². The third-order valence-electron chi connectivity index (χ3n) is 3.95. The van der Waals surface area contributed by atoms with Crippen LogP contribution in [-0.2, 0) is 4.79 Å². The van der Waals surface area contributed by atoms with Crippen LogP contribution in [0.3, 0.4) is 0 Å². The number of carbonyl (C=O) groups excluding carboxylic acids is 2. The monoisotopic (exact) mass is 470 g/mol. The summed E-state index contributed by atoms with van der Waals surface area (Å²) >= 11 is 6.88. The number of nitro groups is 1. The number of nitrogens with zero attached hydrogens (tertiary/aromatic N) is 2. The van der Waals surface area contributed by atoms with Gasteiger partial charge in [-0.2, -0.15) is 0 Å². The largest absolute Gasteiger partial charge is 0.293 e. The van der Waals surface area contributed by atoms with Gasteiger partial charge in [0.1, 0.15) is 0 Å². The number of hydrogen-bond acceptors (Lipinski definition) is 4. The first-order chi connectivity index (χ1) is 11.6. The normalized spacial score (nSPS) is 25.2. The van der Waals surface area contributed by atoms with Crippen molar-refractivity contribution in [1.82, 2.24) is 0 Å². The summed E-state index contributed by atoms with van der Waals surface area (Å²) in [6.07, 6.45) is 1.64. The van der Waals surface area contributed by atoms with Crippen LogP contribution in [0.25, 0.3) is 0 Å². The maximum atomic E-state index is 12.4. The highest BCUT2D eigenvalue weighted by Crippen LogP contribution is 2.38. The Bertz CT molecular complexity index is 795. The predicted octanol–water partition coefficient (Wildman–Crippen LogP) is 4.26. The minimum atomic E-state index is -0.834. The summed E-state index contributed by atoms with van der Waals surface area (Å²) < 4.78 is -0.834. The molecule has 0 fully saturated rings. The number of carbonyl (C=O) groups is 2. The van der Waals surface area contributed by atoms with E-state index in [2.05, 4.69) is 36.9 Å². The van der Waals surface area contributed by atoms with Crippen LogP contribution in [0.5, 0.6) is 0 Å². The van der Waals surface area contributed by atoms with Crippen LogP contribution in [0, 0.1) is 16.0 Å². The number of ketones is 1. The van der Waals surface area contributed by atoms with E-state index in [4.69, 9.17) is 0 Å². The number of halogens is 2. The standard InChI is InChI=1S/C17H16Br2N2O4/c1-9(2)12-8-13(17(3,19)15(18)14(12)22)20-16(23)10-4-6-11(7-5-10)21(24)25/h4-9,15H,1-3H3. The summed E-state index contributed by atoms with van der Waals surface area (Å²) in [5, 5.41) is 10.7. The Balaban J connectivity index is 2.44. The number of allylic oxidation sites excluding steroid dienone is 2. The van der Waals surface area contributed by atoms with Crippen molar-refractivity contribution in [3.63, 3.8) is 0 Å². The van der Waals surface area contributed by atoms with Gasteiger partial charge in [-0.1, -0.05) is 45.7 Å². The third-order valence-corrected chi connectivity index (χ3v) is 6.76. The lowest BCUT2D eigenvalue weighted by molar-refractivity contribution is -0.384. The van der Waals surface area contributed by atoms with Crippen LogP contribution in [0.15, 0.2) is 40.9 Å². The van der Waals surface area contributed by atoms with Crippen LogP contribution in [0.2, 0.25) is 0 Å². The molecule has 0 saturated carbocycles. The van der Waals surface area contributed by atoms with E-state index in [1.165, 1.54) is 24.3 Å². The SMILES string of the molecule is CC(C)C1=CC(=NC(=O)c2ccc([N+](=O)[O-])cc2)C(C)(Br)C(Br)C1=O. The quantitative estimate of drug-likeness (QED) is 0.374. The molecule has 1 aromatic rings. The second-order valence-electron chi connectivity index (χ2n) is 6.16. The number of non-ortho nitro benzene ring substituents is 1. The van der Waals surface area contributed by atoms with E-state index in [1.54, 1.807) is 13.0 Å². The number of benzene rings is 1. The van der Waals surface area contributed by atoms with E-state index >= 15 is 0 Å². The summed E-state index contributed by atoms with van der Waals surface area (Å²) in [7, 11) is 0. The van der Waals surface area contributed by atoms with E-state index < -0.39 is 20.0 Å². The highest BCUT2D eigenvalue weighted by Gasteiger charge is 2.44. The fourth-order valence-electron chi connectivity index (χ4n) is 2.37. The molecular weight excluding hydrogens is 456 g/mol. The van der Waals surface area contributed by atoms with Crippen molar-refractivity contribution in [1.29, 1.82) is 0 Å². The van der Waals surface area contributed by atoms with Gasteiger partial charge < -0.3 is 0 Å². The molecule has 0 radical (unpaired) electrons. The van der Waals surface area contributed by atoms with Crippen molar-refractivity contribution in [2.75, 3.05) is 0 Å². The van der Waals surface area contributed by atoms with Crippen molar-refractivity contribution in [3.8, 4) is 0 Å². The molecule has 2 unspecified atom stereocenters. The van der Waals surface area contributed by atoms with Crippen LogP contribution in [0.1, 0.15) is 31.1 Å². The summed E-state index contributed by atoms with van der Waals surface area (Å²) in [6, 6.07) is 5.24. The molecule has 0 bridgehead atoms. The average molecular weight is 472 g/mol. The van der Waals surface area contributed by atoms with E-state index in [-0.39, 0.29) is 23.0 Å². The van der Waals surface area contributed by atoms with Gasteiger partial charge in [-0.15, -0.1) is 0 Å². The second kappa shape index (κ2) is 7.29. The van der Waals surface area contributed by atoms with E-state index in [9.17, 15) is 19.7 Å². The molecule has 2 rings (SSSR count). The lowest BCUT2D eigenvalue weighted by Gasteiger charge is -2.33. The number of rotatable bonds is 3. The highest BCUT2D eigenvalue weighted by molar-refractivity contribution is 9.13. The molecule has 25 heavy (non-hydrogen) atoms. The maximum absolute atomic E-state index is 12.4. The van der Waals surface area contributed by atoms with Gasteiger partial charge in [-0.3, -0.25) is 19.7 Å². The molecule has 0 N–H and O–H groups in total. The summed E-state index contributed by atoms with van der Waals surface area (Å²) in [5.41, 5.74) is 1.17. The molecule has 1 amide bonds. The van der Waals surface area contributed by atoms with Gasteiger partial charge in [0.15, 0.2) is 5.78 Å². The molecule has 8 heteroatoms. The Morgan fingerprint density at radius 1 is 1.32 bits per heavy atom. The average Bonchev–Trinajstić information content (AvgIpc) is 2.55. The first kappa shape index (κ1) is 19.7. The number of aliphatic imine (C=N–C) groups is 1. The topological polar surface area (TPSA) is 89.6 Å². The Labute approximate surface area is 161 Å². The smallest absolute Gasteiger partial charge is 0.277 e. The molecule has 0 spiro atoms. The number of nitro benzene ring substituents is 1. The minimum absolute atomic E-state index is 0.00386. The zero-order valence-corrected chi connectivity index (χ0v) is 17.0.